The van der Waals surface area contributed by atoms with Gasteiger partial charge in [0.05, 0.1) is 16.7 Å². The van der Waals surface area contributed by atoms with Crippen molar-refractivity contribution in [3.8, 4) is 5.69 Å². The molecule has 1 aromatic carbocycles. The summed E-state index contributed by atoms with van der Waals surface area (Å²) in [5, 5.41) is 24.7. The first-order valence-corrected chi connectivity index (χ1v) is 5.48. The fourth-order valence-electron chi connectivity index (χ4n) is 1.69. The third-order valence-electron chi connectivity index (χ3n) is 2.65. The molecule has 1 unspecified atom stereocenters. The molecule has 2 rings (SSSR count). The minimum atomic E-state index is -0.739. The Morgan fingerprint density at radius 3 is 2.67 bits per heavy atom. The summed E-state index contributed by atoms with van der Waals surface area (Å²) < 4.78 is 1.46. The van der Waals surface area contributed by atoms with Crippen molar-refractivity contribution in [3.05, 3.63) is 51.8 Å². The van der Waals surface area contributed by atoms with Crippen LogP contribution in [-0.4, -0.2) is 19.8 Å². The third kappa shape index (κ3) is 2.23. The van der Waals surface area contributed by atoms with Crippen molar-refractivity contribution < 1.29 is 10.0 Å². The van der Waals surface area contributed by atoms with E-state index in [-0.39, 0.29) is 5.69 Å². The highest BCUT2D eigenvalue weighted by molar-refractivity contribution is 5.54. The molecule has 1 N–H and O–H groups in total. The van der Waals surface area contributed by atoms with E-state index >= 15 is 0 Å². The molecule has 1 heterocycles. The van der Waals surface area contributed by atoms with Crippen molar-refractivity contribution in [3.63, 3.8) is 0 Å². The Balaban J connectivity index is 2.57. The Morgan fingerprint density at radius 2 is 2.17 bits per heavy atom. The molecule has 1 atom stereocenters. The number of hydrogen-bond donors (Lipinski definition) is 1. The lowest BCUT2D eigenvalue weighted by Gasteiger charge is -2.07. The van der Waals surface area contributed by atoms with Gasteiger partial charge in [-0.1, -0.05) is 6.07 Å². The molecule has 94 valence electrons. The number of aryl methyl sites for hydroxylation is 1. The summed E-state index contributed by atoms with van der Waals surface area (Å²) in [5.41, 5.74) is 1.60. The summed E-state index contributed by atoms with van der Waals surface area (Å²) in [7, 11) is 0. The van der Waals surface area contributed by atoms with E-state index in [1.165, 1.54) is 10.7 Å². The second kappa shape index (κ2) is 4.58. The van der Waals surface area contributed by atoms with Crippen LogP contribution < -0.4 is 0 Å². The molecule has 1 aromatic heterocycles. The topological polar surface area (TPSA) is 81.2 Å². The fourth-order valence-corrected chi connectivity index (χ4v) is 1.69. The number of aliphatic hydroxyl groups is 1. The van der Waals surface area contributed by atoms with E-state index in [1.807, 2.05) is 6.92 Å². The first-order valence-electron chi connectivity index (χ1n) is 5.48. The molecule has 0 saturated carbocycles. The molecule has 6 heteroatoms. The SMILES string of the molecule is Cc1ccn(-c2ccc(C(C)O)cc2[N+](=O)[O-])n1. The molecule has 2 aromatic rings. The number of nitrogens with zero attached hydrogens (tertiary/aromatic N) is 3. The van der Waals surface area contributed by atoms with Crippen LogP contribution in [0.5, 0.6) is 0 Å². The van der Waals surface area contributed by atoms with Crippen molar-refractivity contribution in [1.29, 1.82) is 0 Å². The predicted molar refractivity (Wildman–Crippen MR) is 65.6 cm³/mol. The Kier molecular flexibility index (Phi) is 3.12. The predicted octanol–water partition coefficient (Wildman–Crippen LogP) is 2.14. The zero-order chi connectivity index (χ0) is 13.3. The lowest BCUT2D eigenvalue weighted by atomic mass is 10.1. The average molecular weight is 247 g/mol. The van der Waals surface area contributed by atoms with Gasteiger partial charge in [0, 0.05) is 12.3 Å². The average Bonchev–Trinajstić information content (AvgIpc) is 2.74. The monoisotopic (exact) mass is 247 g/mol. The summed E-state index contributed by atoms with van der Waals surface area (Å²) >= 11 is 0. The van der Waals surface area contributed by atoms with E-state index in [4.69, 9.17) is 0 Å². The van der Waals surface area contributed by atoms with Gasteiger partial charge in [-0.05, 0) is 31.5 Å². The summed E-state index contributed by atoms with van der Waals surface area (Å²) in [6, 6.07) is 6.39. The van der Waals surface area contributed by atoms with Crippen LogP contribution in [0.25, 0.3) is 5.69 Å². The van der Waals surface area contributed by atoms with Gasteiger partial charge in [-0.15, -0.1) is 0 Å². The largest absolute Gasteiger partial charge is 0.389 e. The van der Waals surface area contributed by atoms with Gasteiger partial charge in [0.15, 0.2) is 0 Å². The summed E-state index contributed by atoms with van der Waals surface area (Å²) in [6.45, 7) is 3.38. The van der Waals surface area contributed by atoms with Crippen LogP contribution >= 0.6 is 0 Å². The van der Waals surface area contributed by atoms with E-state index in [9.17, 15) is 15.2 Å². The van der Waals surface area contributed by atoms with Crippen LogP contribution in [0.2, 0.25) is 0 Å². The minimum absolute atomic E-state index is 0.0727. The lowest BCUT2D eigenvalue weighted by Crippen LogP contribution is -2.03. The zero-order valence-electron chi connectivity index (χ0n) is 10.1. The molecule has 6 nitrogen and oxygen atoms in total. The summed E-state index contributed by atoms with van der Waals surface area (Å²) in [4.78, 5) is 10.6. The second-order valence-corrected chi connectivity index (χ2v) is 4.08. The molecule has 0 aliphatic rings. The van der Waals surface area contributed by atoms with E-state index in [0.717, 1.165) is 5.69 Å². The van der Waals surface area contributed by atoms with Crippen LogP contribution in [0.1, 0.15) is 24.3 Å². The van der Waals surface area contributed by atoms with Gasteiger partial charge in [0.1, 0.15) is 5.69 Å². The van der Waals surface area contributed by atoms with Gasteiger partial charge < -0.3 is 5.11 Å². The normalized spacial score (nSPS) is 12.4. The Labute approximate surface area is 104 Å². The maximum atomic E-state index is 11.1. The number of aliphatic hydroxyl groups excluding tert-OH is 1. The molecular formula is C12H13N3O3. The van der Waals surface area contributed by atoms with Gasteiger partial charge in [0.2, 0.25) is 0 Å². The van der Waals surface area contributed by atoms with Gasteiger partial charge in [-0.25, -0.2) is 4.68 Å². The van der Waals surface area contributed by atoms with E-state index in [0.29, 0.717) is 11.3 Å². The quantitative estimate of drug-likeness (QED) is 0.665. The molecule has 0 radical (unpaired) electrons. The smallest absolute Gasteiger partial charge is 0.295 e. The zero-order valence-corrected chi connectivity index (χ0v) is 10.1. The fraction of sp³-hybridized carbons (Fsp3) is 0.250. The molecule has 0 amide bonds. The first-order chi connectivity index (χ1) is 8.49. The van der Waals surface area contributed by atoms with Crippen LogP contribution in [0.15, 0.2) is 30.5 Å². The van der Waals surface area contributed by atoms with E-state index < -0.39 is 11.0 Å². The maximum absolute atomic E-state index is 11.1. The van der Waals surface area contributed by atoms with E-state index in [1.54, 1.807) is 31.3 Å². The molecule has 0 aliphatic carbocycles. The number of hydrogen-bond acceptors (Lipinski definition) is 4. The van der Waals surface area contributed by atoms with Crippen LogP contribution in [0.4, 0.5) is 5.69 Å². The highest BCUT2D eigenvalue weighted by Gasteiger charge is 2.18. The number of aromatic nitrogens is 2. The molecule has 0 fully saturated rings. The minimum Gasteiger partial charge on any atom is -0.389 e. The van der Waals surface area contributed by atoms with Gasteiger partial charge in [-0.2, -0.15) is 5.10 Å². The Hall–Kier alpha value is -2.21. The molecule has 0 spiro atoms. The van der Waals surface area contributed by atoms with E-state index in [2.05, 4.69) is 5.10 Å². The van der Waals surface area contributed by atoms with Crippen molar-refractivity contribution in [2.75, 3.05) is 0 Å². The van der Waals surface area contributed by atoms with Crippen molar-refractivity contribution in [2.24, 2.45) is 0 Å². The Morgan fingerprint density at radius 1 is 1.44 bits per heavy atom. The highest BCUT2D eigenvalue weighted by atomic mass is 16.6. The van der Waals surface area contributed by atoms with Gasteiger partial charge >= 0.3 is 0 Å². The maximum Gasteiger partial charge on any atom is 0.295 e. The molecule has 0 saturated heterocycles. The van der Waals surface area contributed by atoms with Crippen molar-refractivity contribution in [2.45, 2.75) is 20.0 Å². The highest BCUT2D eigenvalue weighted by Crippen LogP contribution is 2.26. The third-order valence-corrected chi connectivity index (χ3v) is 2.65. The van der Waals surface area contributed by atoms with Crippen LogP contribution in [0.3, 0.4) is 0 Å². The Bertz CT molecular complexity index is 590. The van der Waals surface area contributed by atoms with Crippen LogP contribution in [-0.2, 0) is 0 Å². The number of nitro groups is 1. The van der Waals surface area contributed by atoms with Crippen molar-refractivity contribution in [1.82, 2.24) is 9.78 Å². The van der Waals surface area contributed by atoms with Gasteiger partial charge in [0.25, 0.3) is 5.69 Å². The van der Waals surface area contributed by atoms with Gasteiger partial charge in [-0.3, -0.25) is 10.1 Å². The first kappa shape index (κ1) is 12.3. The second-order valence-electron chi connectivity index (χ2n) is 4.08. The number of nitro benzene ring substituents is 1. The molecule has 0 aliphatic heterocycles. The molecule has 18 heavy (non-hydrogen) atoms. The standard InChI is InChI=1S/C12H13N3O3/c1-8-5-6-14(13-8)11-4-3-10(9(2)16)7-12(11)15(17)18/h3-7,9,16H,1-2H3. The number of benzene rings is 1. The summed E-state index contributed by atoms with van der Waals surface area (Å²) in [5.74, 6) is 0. The summed E-state index contributed by atoms with van der Waals surface area (Å²) in [6.07, 6.45) is 0.928. The van der Waals surface area contributed by atoms with Crippen LogP contribution in [0, 0.1) is 17.0 Å². The molecule has 0 bridgehead atoms. The lowest BCUT2D eigenvalue weighted by molar-refractivity contribution is -0.384. The van der Waals surface area contributed by atoms with Crippen molar-refractivity contribution >= 4 is 5.69 Å². The molecular weight excluding hydrogens is 234 g/mol. The number of rotatable bonds is 3.